The normalized spacial score (nSPS) is 31.8. The molecule has 3 fully saturated rings. The summed E-state index contributed by atoms with van der Waals surface area (Å²) in [4.78, 5) is 33.4. The van der Waals surface area contributed by atoms with Crippen LogP contribution in [0, 0.1) is 34.4 Å². The lowest BCUT2D eigenvalue weighted by Gasteiger charge is -2.50. The first-order valence-corrected chi connectivity index (χ1v) is 15.8. The number of benzene rings is 1. The van der Waals surface area contributed by atoms with Gasteiger partial charge in [-0.2, -0.15) is 0 Å². The van der Waals surface area contributed by atoms with E-state index in [-0.39, 0.29) is 39.8 Å². The maximum Gasteiger partial charge on any atom is 0.237 e. The fourth-order valence-corrected chi connectivity index (χ4v) is 9.24. The Kier molecular flexibility index (Phi) is 7.52. The summed E-state index contributed by atoms with van der Waals surface area (Å²) in [6.07, 6.45) is 7.91. The van der Waals surface area contributed by atoms with Crippen molar-refractivity contribution in [2.45, 2.75) is 89.4 Å². The number of amides is 1. The number of rotatable bonds is 5. The Balaban J connectivity index is 1.51. The van der Waals surface area contributed by atoms with E-state index in [1.54, 1.807) is 18.2 Å². The van der Waals surface area contributed by atoms with Gasteiger partial charge in [-0.05, 0) is 98.1 Å². The molecule has 2 N–H and O–H groups in total. The number of carbonyl (C=O) groups excluding carboxylic acids is 2. The summed E-state index contributed by atoms with van der Waals surface area (Å²) in [7, 11) is 0. The number of carbonyl (C=O) groups is 2. The number of halogens is 3. The Labute approximate surface area is 251 Å². The molecule has 4 aliphatic rings. The van der Waals surface area contributed by atoms with E-state index in [4.69, 9.17) is 23.2 Å². The van der Waals surface area contributed by atoms with E-state index in [0.717, 1.165) is 56.9 Å². The summed E-state index contributed by atoms with van der Waals surface area (Å²) in [5.74, 6) is -0.976. The van der Waals surface area contributed by atoms with Crippen molar-refractivity contribution >= 4 is 40.7 Å². The SMILES string of the molecule is CC1(C)CCC2(CC1)C[C@@H](C(=O)CC1CCC(CO)CC1)[C@H](c1cccc(Cl)c1F)[C@]21C(=O)Nc2nc(Cl)ccc21. The molecule has 3 saturated carbocycles. The number of hydrogen-bond donors (Lipinski definition) is 2. The minimum absolute atomic E-state index is 0.00948. The summed E-state index contributed by atoms with van der Waals surface area (Å²) in [6.45, 7) is 4.70. The molecule has 220 valence electrons. The van der Waals surface area contributed by atoms with Crippen LogP contribution >= 0.6 is 23.2 Å². The monoisotopic (exact) mass is 600 g/mol. The van der Waals surface area contributed by atoms with Crippen LogP contribution in [0.25, 0.3) is 0 Å². The van der Waals surface area contributed by atoms with Crippen LogP contribution in [0.15, 0.2) is 30.3 Å². The molecule has 0 radical (unpaired) electrons. The molecule has 5 nitrogen and oxygen atoms in total. The molecule has 6 rings (SSSR count). The van der Waals surface area contributed by atoms with Gasteiger partial charge in [-0.3, -0.25) is 9.59 Å². The molecule has 3 aliphatic carbocycles. The van der Waals surface area contributed by atoms with Crippen molar-refractivity contribution < 1.29 is 19.1 Å². The number of nitrogens with one attached hydrogen (secondary N) is 1. The van der Waals surface area contributed by atoms with Gasteiger partial charge in [0.25, 0.3) is 0 Å². The zero-order valence-electron chi connectivity index (χ0n) is 23.8. The second kappa shape index (κ2) is 10.6. The second-order valence-electron chi connectivity index (χ2n) is 13.9. The average Bonchev–Trinajstić information content (AvgIpc) is 3.40. The van der Waals surface area contributed by atoms with E-state index in [9.17, 15) is 14.7 Å². The molecule has 1 aliphatic heterocycles. The molecule has 0 unspecified atom stereocenters. The van der Waals surface area contributed by atoms with Gasteiger partial charge in [0.15, 0.2) is 0 Å². The molecule has 41 heavy (non-hydrogen) atoms. The third-order valence-corrected chi connectivity index (χ3v) is 11.7. The molecule has 0 saturated heterocycles. The summed E-state index contributed by atoms with van der Waals surface area (Å²) in [5, 5.41) is 12.9. The van der Waals surface area contributed by atoms with Gasteiger partial charge in [-0.1, -0.05) is 55.2 Å². The maximum absolute atomic E-state index is 16.1. The standard InChI is InChI=1S/C33H39Cl2FN2O3/c1-31(2)12-14-32(15-13-31)17-22(25(40)16-19-6-8-20(18-39)9-7-19)27(21-4-3-5-24(34)28(21)36)33(32)23-10-11-26(35)37-29(23)38-30(33)41/h3-5,10-11,19-20,22,27,39H,6-9,12-18H2,1-2H3,(H,37,38,41)/t19?,20?,22-,27-,33+/m0/s1. The topological polar surface area (TPSA) is 79.3 Å². The van der Waals surface area contributed by atoms with Crippen molar-refractivity contribution in [3.8, 4) is 0 Å². The van der Waals surface area contributed by atoms with Crippen molar-refractivity contribution in [1.29, 1.82) is 0 Å². The molecular weight excluding hydrogens is 562 g/mol. The fraction of sp³-hybridized carbons (Fsp3) is 0.606. The van der Waals surface area contributed by atoms with Gasteiger partial charge >= 0.3 is 0 Å². The zero-order valence-corrected chi connectivity index (χ0v) is 25.3. The molecular formula is C33H39Cl2FN2O3. The minimum Gasteiger partial charge on any atom is -0.396 e. The highest BCUT2D eigenvalue weighted by Crippen LogP contribution is 2.72. The van der Waals surface area contributed by atoms with Gasteiger partial charge in [0.1, 0.15) is 22.6 Å². The number of aliphatic hydroxyl groups excluding tert-OH is 1. The largest absolute Gasteiger partial charge is 0.396 e. The first kappa shape index (κ1) is 29.1. The number of ketones is 1. The van der Waals surface area contributed by atoms with Gasteiger partial charge in [0, 0.05) is 30.4 Å². The number of fused-ring (bicyclic) bond motifs is 3. The van der Waals surface area contributed by atoms with Crippen LogP contribution in [0.1, 0.15) is 95.1 Å². The van der Waals surface area contributed by atoms with Crippen molar-refractivity contribution in [3.63, 3.8) is 0 Å². The van der Waals surface area contributed by atoms with Crippen LogP contribution < -0.4 is 5.32 Å². The Morgan fingerprint density at radius 1 is 1.05 bits per heavy atom. The van der Waals surface area contributed by atoms with Crippen molar-refractivity contribution in [3.05, 3.63) is 57.5 Å². The van der Waals surface area contributed by atoms with Crippen LogP contribution in [0.2, 0.25) is 10.2 Å². The Morgan fingerprint density at radius 3 is 2.41 bits per heavy atom. The quantitative estimate of drug-likeness (QED) is 0.342. The lowest BCUT2D eigenvalue weighted by Crippen LogP contribution is -2.52. The van der Waals surface area contributed by atoms with Crippen LogP contribution in [0.3, 0.4) is 0 Å². The van der Waals surface area contributed by atoms with Crippen LogP contribution in [0.5, 0.6) is 0 Å². The van der Waals surface area contributed by atoms with Gasteiger partial charge in [-0.25, -0.2) is 9.37 Å². The average molecular weight is 602 g/mol. The number of nitrogens with zero attached hydrogens (tertiary/aromatic N) is 1. The van der Waals surface area contributed by atoms with Crippen LogP contribution in [-0.4, -0.2) is 28.4 Å². The Bertz CT molecular complexity index is 1360. The molecule has 1 amide bonds. The fourth-order valence-electron chi connectivity index (χ4n) is 8.91. The first-order valence-electron chi connectivity index (χ1n) is 15.1. The number of aliphatic hydroxyl groups is 1. The van der Waals surface area contributed by atoms with E-state index in [1.807, 2.05) is 6.07 Å². The molecule has 0 bridgehead atoms. The number of pyridine rings is 1. The highest BCUT2D eigenvalue weighted by Gasteiger charge is 2.72. The highest BCUT2D eigenvalue weighted by atomic mass is 35.5. The molecule has 1 aromatic carbocycles. The van der Waals surface area contributed by atoms with Crippen molar-refractivity contribution in [2.75, 3.05) is 11.9 Å². The van der Waals surface area contributed by atoms with Crippen molar-refractivity contribution in [1.82, 2.24) is 4.98 Å². The number of Topliss-reactive ketones (excluding diaryl/α,β-unsaturated/α-hetero) is 1. The van der Waals surface area contributed by atoms with Crippen LogP contribution in [-0.2, 0) is 15.0 Å². The first-order chi connectivity index (χ1) is 19.5. The van der Waals surface area contributed by atoms with E-state index in [2.05, 4.69) is 24.1 Å². The Morgan fingerprint density at radius 2 is 1.73 bits per heavy atom. The highest BCUT2D eigenvalue weighted by molar-refractivity contribution is 6.31. The molecule has 8 heteroatoms. The number of aromatic nitrogens is 1. The zero-order chi connectivity index (χ0) is 29.2. The maximum atomic E-state index is 16.1. The predicted molar refractivity (Wildman–Crippen MR) is 159 cm³/mol. The number of anilines is 1. The molecule has 2 spiro atoms. The smallest absolute Gasteiger partial charge is 0.237 e. The van der Waals surface area contributed by atoms with E-state index >= 15 is 4.39 Å². The summed E-state index contributed by atoms with van der Waals surface area (Å²) < 4.78 is 16.1. The van der Waals surface area contributed by atoms with Gasteiger partial charge in [-0.15, -0.1) is 0 Å². The minimum atomic E-state index is -1.17. The molecule has 2 heterocycles. The lowest BCUT2D eigenvalue weighted by molar-refractivity contribution is -0.127. The second-order valence-corrected chi connectivity index (χ2v) is 14.7. The van der Waals surface area contributed by atoms with Gasteiger partial charge in [0.05, 0.1) is 10.4 Å². The third kappa shape index (κ3) is 4.64. The van der Waals surface area contributed by atoms with Crippen LogP contribution in [0.4, 0.5) is 10.2 Å². The third-order valence-electron chi connectivity index (χ3n) is 11.2. The lowest BCUT2D eigenvalue weighted by atomic mass is 9.51. The predicted octanol–water partition coefficient (Wildman–Crippen LogP) is 7.87. The summed E-state index contributed by atoms with van der Waals surface area (Å²) in [5.41, 5.74) is -0.542. The van der Waals surface area contributed by atoms with E-state index < -0.39 is 28.5 Å². The van der Waals surface area contributed by atoms with E-state index in [1.165, 1.54) is 6.07 Å². The number of hydrogen-bond acceptors (Lipinski definition) is 4. The molecule has 1 aromatic heterocycles. The van der Waals surface area contributed by atoms with Crippen molar-refractivity contribution in [2.24, 2.45) is 28.6 Å². The summed E-state index contributed by atoms with van der Waals surface area (Å²) in [6, 6.07) is 8.50. The summed E-state index contributed by atoms with van der Waals surface area (Å²) >= 11 is 12.6. The Hall–Kier alpha value is -2.02. The van der Waals surface area contributed by atoms with Gasteiger partial charge < -0.3 is 10.4 Å². The molecule has 2 aromatic rings. The van der Waals surface area contributed by atoms with E-state index in [0.29, 0.717) is 30.1 Å². The molecule has 3 atom stereocenters. The van der Waals surface area contributed by atoms with Gasteiger partial charge in [0.2, 0.25) is 5.91 Å².